The summed E-state index contributed by atoms with van der Waals surface area (Å²) < 4.78 is 9.77. The van der Waals surface area contributed by atoms with Gasteiger partial charge in [0.1, 0.15) is 6.79 Å². The molecule has 2 nitrogen and oxygen atoms in total. The molecule has 0 bridgehead atoms. The summed E-state index contributed by atoms with van der Waals surface area (Å²) in [6.45, 7) is 3.24. The second kappa shape index (κ2) is 1.58. The van der Waals surface area contributed by atoms with Crippen LogP contribution in [-0.2, 0) is 9.47 Å². The Morgan fingerprint density at radius 3 is 2.67 bits per heavy atom. The summed E-state index contributed by atoms with van der Waals surface area (Å²) in [6, 6.07) is 0. The molecule has 0 aromatic rings. The maximum absolute atomic E-state index is 4.93. The monoisotopic (exact) mass is 88.1 g/mol. The lowest BCUT2D eigenvalue weighted by molar-refractivity contribution is 0.0514. The number of hydrogen-bond acceptors (Lipinski definition) is 2. The summed E-state index contributed by atoms with van der Waals surface area (Å²) >= 11 is 0. The van der Waals surface area contributed by atoms with Crippen molar-refractivity contribution in [2.45, 2.75) is 13.0 Å². The van der Waals surface area contributed by atoms with Crippen molar-refractivity contribution in [2.75, 3.05) is 13.4 Å². The smallest absolute Gasteiger partial charge is 0.147 e. The van der Waals surface area contributed by atoms with Crippen LogP contribution in [0.1, 0.15) is 6.92 Å². The van der Waals surface area contributed by atoms with E-state index in [0.29, 0.717) is 12.9 Å². The van der Waals surface area contributed by atoms with E-state index in [0.717, 1.165) is 6.61 Å². The predicted molar refractivity (Wildman–Crippen MR) is 21.4 cm³/mol. The zero-order valence-corrected chi connectivity index (χ0v) is 3.81. The Bertz CT molecular complexity index is 38.8. The first-order chi connectivity index (χ1) is 2.89. The molecular formula is C4H8O2. The second-order valence-corrected chi connectivity index (χ2v) is 1.47. The van der Waals surface area contributed by atoms with Crippen LogP contribution < -0.4 is 0 Å². The fourth-order valence-electron chi connectivity index (χ4n) is 0.426. The van der Waals surface area contributed by atoms with Crippen molar-refractivity contribution in [3.8, 4) is 0 Å². The van der Waals surface area contributed by atoms with E-state index in [1.165, 1.54) is 0 Å². The highest BCUT2D eigenvalue weighted by atomic mass is 16.7. The minimum atomic E-state index is 0.324. The topological polar surface area (TPSA) is 18.5 Å². The molecule has 0 spiro atoms. The first-order valence-electron chi connectivity index (χ1n) is 2.09. The molecule has 0 N–H and O–H groups in total. The van der Waals surface area contributed by atoms with Gasteiger partial charge in [0.15, 0.2) is 0 Å². The molecule has 1 saturated heterocycles. The summed E-state index contributed by atoms with van der Waals surface area (Å²) in [6.07, 6.45) is 0.324. The van der Waals surface area contributed by atoms with Gasteiger partial charge in [0.05, 0.1) is 12.7 Å². The zero-order valence-electron chi connectivity index (χ0n) is 3.81. The zero-order chi connectivity index (χ0) is 4.41. The van der Waals surface area contributed by atoms with Gasteiger partial charge in [-0.1, -0.05) is 0 Å². The molecule has 0 aliphatic carbocycles. The Morgan fingerprint density at radius 1 is 1.67 bits per heavy atom. The van der Waals surface area contributed by atoms with Gasteiger partial charge < -0.3 is 9.47 Å². The Labute approximate surface area is 37.1 Å². The fraction of sp³-hybridized carbons (Fsp3) is 1.00. The van der Waals surface area contributed by atoms with E-state index in [1.54, 1.807) is 0 Å². The second-order valence-electron chi connectivity index (χ2n) is 1.47. The predicted octanol–water partition coefficient (Wildman–Crippen LogP) is 0.379. The Hall–Kier alpha value is -0.0800. The maximum Gasteiger partial charge on any atom is 0.147 e. The highest BCUT2D eigenvalue weighted by molar-refractivity contribution is 4.47. The summed E-state index contributed by atoms with van der Waals surface area (Å²) in [7, 11) is 0. The van der Waals surface area contributed by atoms with Crippen LogP contribution in [0.2, 0.25) is 0 Å². The van der Waals surface area contributed by atoms with Crippen LogP contribution in [-0.4, -0.2) is 19.5 Å². The molecule has 0 aromatic heterocycles. The average Bonchev–Trinajstić information content (AvgIpc) is 1.86. The summed E-state index contributed by atoms with van der Waals surface area (Å²) in [4.78, 5) is 0. The summed E-state index contributed by atoms with van der Waals surface area (Å²) in [5.41, 5.74) is 0. The summed E-state index contributed by atoms with van der Waals surface area (Å²) in [5.74, 6) is 0. The van der Waals surface area contributed by atoms with Crippen LogP contribution in [0, 0.1) is 0 Å². The van der Waals surface area contributed by atoms with Gasteiger partial charge in [-0.2, -0.15) is 0 Å². The van der Waals surface area contributed by atoms with Gasteiger partial charge in [-0.3, -0.25) is 0 Å². The molecule has 6 heavy (non-hydrogen) atoms. The van der Waals surface area contributed by atoms with Crippen molar-refractivity contribution >= 4 is 0 Å². The van der Waals surface area contributed by atoms with Crippen LogP contribution in [0.15, 0.2) is 0 Å². The van der Waals surface area contributed by atoms with Crippen molar-refractivity contribution < 1.29 is 9.47 Å². The van der Waals surface area contributed by atoms with Crippen molar-refractivity contribution in [2.24, 2.45) is 0 Å². The lowest BCUT2D eigenvalue weighted by Crippen LogP contribution is -2.00. The van der Waals surface area contributed by atoms with E-state index in [1.807, 2.05) is 6.92 Å². The van der Waals surface area contributed by atoms with Crippen LogP contribution in [0.25, 0.3) is 0 Å². The molecule has 0 amide bonds. The molecule has 1 rings (SSSR count). The minimum absolute atomic E-state index is 0.324. The Morgan fingerprint density at radius 2 is 2.50 bits per heavy atom. The molecule has 1 atom stereocenters. The van der Waals surface area contributed by atoms with E-state index < -0.39 is 0 Å². The van der Waals surface area contributed by atoms with E-state index in [-0.39, 0.29) is 0 Å². The first kappa shape index (κ1) is 4.09. The van der Waals surface area contributed by atoms with Gasteiger partial charge in [-0.05, 0) is 6.92 Å². The highest BCUT2D eigenvalue weighted by Gasteiger charge is 2.07. The van der Waals surface area contributed by atoms with Crippen molar-refractivity contribution in [3.63, 3.8) is 0 Å². The fourth-order valence-corrected chi connectivity index (χ4v) is 0.426. The molecule has 0 radical (unpaired) electrons. The van der Waals surface area contributed by atoms with Crippen LogP contribution in [0.3, 0.4) is 0 Å². The number of hydrogen-bond donors (Lipinski definition) is 0. The SMILES string of the molecule is C[C@H]1COCO1. The number of ether oxygens (including phenoxy) is 2. The van der Waals surface area contributed by atoms with Crippen molar-refractivity contribution in [3.05, 3.63) is 0 Å². The molecule has 1 heterocycles. The van der Waals surface area contributed by atoms with Crippen molar-refractivity contribution in [1.82, 2.24) is 0 Å². The highest BCUT2D eigenvalue weighted by Crippen LogP contribution is 1.98. The van der Waals surface area contributed by atoms with Gasteiger partial charge in [-0.25, -0.2) is 0 Å². The van der Waals surface area contributed by atoms with Crippen molar-refractivity contribution in [1.29, 1.82) is 0 Å². The van der Waals surface area contributed by atoms with Gasteiger partial charge in [0.2, 0.25) is 0 Å². The minimum Gasteiger partial charge on any atom is -0.353 e. The van der Waals surface area contributed by atoms with Gasteiger partial charge in [0.25, 0.3) is 0 Å². The molecule has 0 saturated carbocycles. The van der Waals surface area contributed by atoms with Crippen LogP contribution >= 0.6 is 0 Å². The average molecular weight is 88.1 g/mol. The molecule has 1 aliphatic heterocycles. The van der Waals surface area contributed by atoms with E-state index in [2.05, 4.69) is 0 Å². The Kier molecular flexibility index (Phi) is 1.08. The molecule has 2 heteroatoms. The van der Waals surface area contributed by atoms with Gasteiger partial charge in [-0.15, -0.1) is 0 Å². The normalized spacial score (nSPS) is 34.5. The number of rotatable bonds is 0. The maximum atomic E-state index is 4.93. The third-order valence-electron chi connectivity index (χ3n) is 0.788. The lowest BCUT2D eigenvalue weighted by Gasteiger charge is -1.90. The van der Waals surface area contributed by atoms with Crippen LogP contribution in [0.4, 0.5) is 0 Å². The third kappa shape index (κ3) is 0.698. The molecule has 36 valence electrons. The largest absolute Gasteiger partial charge is 0.353 e. The van der Waals surface area contributed by atoms with Crippen LogP contribution in [0.5, 0.6) is 0 Å². The van der Waals surface area contributed by atoms with Gasteiger partial charge in [0, 0.05) is 0 Å². The molecule has 1 fully saturated rings. The Balaban J connectivity index is 2.18. The standard InChI is InChI=1S/C4H8O2/c1-4-2-5-3-6-4/h4H,2-3H2,1H3/t4-/m0/s1. The quantitative estimate of drug-likeness (QED) is 0.426. The third-order valence-corrected chi connectivity index (χ3v) is 0.788. The van der Waals surface area contributed by atoms with E-state index in [9.17, 15) is 0 Å². The molecule has 1 aliphatic rings. The van der Waals surface area contributed by atoms with Gasteiger partial charge >= 0.3 is 0 Å². The lowest BCUT2D eigenvalue weighted by atomic mass is 10.5. The van der Waals surface area contributed by atoms with E-state index >= 15 is 0 Å². The first-order valence-corrected chi connectivity index (χ1v) is 2.09. The molecule has 0 unspecified atom stereocenters. The molecular weight excluding hydrogens is 80.0 g/mol. The summed E-state index contributed by atoms with van der Waals surface area (Å²) in [5, 5.41) is 0. The molecule has 0 aromatic carbocycles. The van der Waals surface area contributed by atoms with E-state index in [4.69, 9.17) is 9.47 Å².